The Morgan fingerprint density at radius 3 is 2.50 bits per heavy atom. The maximum absolute atomic E-state index is 13.3. The van der Waals surface area contributed by atoms with Crippen molar-refractivity contribution in [1.82, 2.24) is 14.9 Å². The fourth-order valence-electron chi connectivity index (χ4n) is 3.76. The van der Waals surface area contributed by atoms with Crippen molar-refractivity contribution < 1.29 is 9.90 Å². The maximum Gasteiger partial charge on any atom is 0.265 e. The van der Waals surface area contributed by atoms with Crippen LogP contribution in [0.15, 0.2) is 77.9 Å². The second-order valence-electron chi connectivity index (χ2n) is 7.57. The molecule has 7 heteroatoms. The molecule has 0 fully saturated rings. The van der Waals surface area contributed by atoms with Crippen LogP contribution in [-0.4, -0.2) is 20.4 Å². The van der Waals surface area contributed by atoms with Crippen LogP contribution in [0.1, 0.15) is 33.9 Å². The number of para-hydroxylation sites is 1. The first-order valence-corrected chi connectivity index (χ1v) is 10.5. The molecule has 0 saturated carbocycles. The van der Waals surface area contributed by atoms with Gasteiger partial charge in [0.1, 0.15) is 11.3 Å². The number of aromatic hydroxyl groups is 1. The lowest BCUT2D eigenvalue weighted by Gasteiger charge is -2.20. The molecule has 0 aliphatic rings. The zero-order valence-electron chi connectivity index (χ0n) is 17.5. The number of carbonyl (C=O) groups excluding carboxylic acids is 1. The maximum atomic E-state index is 13.3. The monoisotopic (exact) mass is 447 g/mol. The zero-order valence-corrected chi connectivity index (χ0v) is 18.2. The highest BCUT2D eigenvalue weighted by Gasteiger charge is 2.24. The molecule has 0 spiro atoms. The van der Waals surface area contributed by atoms with Crippen molar-refractivity contribution in [2.24, 2.45) is 7.05 Å². The van der Waals surface area contributed by atoms with E-state index < -0.39 is 11.3 Å². The fourth-order valence-corrected chi connectivity index (χ4v) is 3.89. The van der Waals surface area contributed by atoms with E-state index in [0.29, 0.717) is 22.5 Å². The van der Waals surface area contributed by atoms with Crippen molar-refractivity contribution in [2.75, 3.05) is 0 Å². The average Bonchev–Trinajstić information content (AvgIpc) is 2.81. The number of aryl methyl sites for hydroxylation is 1. The van der Waals surface area contributed by atoms with Crippen LogP contribution in [-0.2, 0) is 13.6 Å². The largest absolute Gasteiger partial charge is 0.506 e. The summed E-state index contributed by atoms with van der Waals surface area (Å²) in [6.07, 6.45) is 3.40. The SMILES string of the molecule is Cn1c(=O)c(C(=O)C[C@@H](NCc2ccncc2)c2ccc(Cl)cc2)c(O)c2ccccc21. The summed E-state index contributed by atoms with van der Waals surface area (Å²) >= 11 is 6.03. The van der Waals surface area contributed by atoms with Crippen molar-refractivity contribution in [3.05, 3.63) is 105 Å². The number of rotatable bonds is 7. The van der Waals surface area contributed by atoms with E-state index >= 15 is 0 Å². The first-order chi connectivity index (χ1) is 15.5. The summed E-state index contributed by atoms with van der Waals surface area (Å²) in [7, 11) is 1.60. The minimum atomic E-state index is -0.518. The molecule has 0 radical (unpaired) electrons. The van der Waals surface area contributed by atoms with Crippen LogP contribution in [0.5, 0.6) is 5.75 Å². The Morgan fingerprint density at radius 2 is 1.78 bits per heavy atom. The molecular formula is C25H22ClN3O3. The minimum Gasteiger partial charge on any atom is -0.506 e. The second kappa shape index (κ2) is 9.34. The van der Waals surface area contributed by atoms with Crippen LogP contribution < -0.4 is 10.9 Å². The number of carbonyl (C=O) groups is 1. The van der Waals surface area contributed by atoms with E-state index in [1.807, 2.05) is 24.3 Å². The molecule has 0 amide bonds. The number of fused-ring (bicyclic) bond motifs is 1. The molecule has 32 heavy (non-hydrogen) atoms. The lowest BCUT2D eigenvalue weighted by atomic mass is 9.96. The van der Waals surface area contributed by atoms with Crippen LogP contribution in [0.3, 0.4) is 0 Å². The van der Waals surface area contributed by atoms with Gasteiger partial charge in [-0.1, -0.05) is 35.9 Å². The van der Waals surface area contributed by atoms with Crippen molar-refractivity contribution in [2.45, 2.75) is 19.0 Å². The number of nitrogens with one attached hydrogen (secondary N) is 1. The standard InChI is InChI=1S/C25H22ClN3O3/c1-29-21-5-3-2-4-19(21)24(31)23(25(29)32)22(30)14-20(17-6-8-18(26)9-7-17)28-15-16-10-12-27-13-11-16/h2-13,20,28,31H,14-15H2,1H3/t20-/m1/s1. The van der Waals surface area contributed by atoms with E-state index in [-0.39, 0.29) is 23.8 Å². The van der Waals surface area contributed by atoms with Crippen LogP contribution >= 0.6 is 11.6 Å². The molecule has 162 valence electrons. The van der Waals surface area contributed by atoms with Gasteiger partial charge in [0.2, 0.25) is 0 Å². The Hall–Kier alpha value is -3.48. The third-order valence-electron chi connectivity index (χ3n) is 5.52. The Morgan fingerprint density at radius 1 is 1.09 bits per heavy atom. The van der Waals surface area contributed by atoms with Gasteiger partial charge in [0.25, 0.3) is 5.56 Å². The fraction of sp³-hybridized carbons (Fsp3) is 0.160. The zero-order chi connectivity index (χ0) is 22.7. The lowest BCUT2D eigenvalue weighted by Crippen LogP contribution is -2.29. The second-order valence-corrected chi connectivity index (χ2v) is 8.01. The van der Waals surface area contributed by atoms with E-state index in [1.165, 1.54) is 4.57 Å². The number of Topliss-reactive ketones (excluding diaryl/α,β-unsaturated/α-hetero) is 1. The average molecular weight is 448 g/mol. The van der Waals surface area contributed by atoms with Crippen LogP contribution in [0.4, 0.5) is 0 Å². The first kappa shape index (κ1) is 21.7. The molecule has 0 unspecified atom stereocenters. The molecule has 0 saturated heterocycles. The van der Waals surface area contributed by atoms with Gasteiger partial charge in [-0.05, 0) is 47.5 Å². The molecule has 2 N–H and O–H groups in total. The molecule has 4 aromatic rings. The minimum absolute atomic E-state index is 0.00610. The number of nitrogens with zero attached hydrogens (tertiary/aromatic N) is 2. The van der Waals surface area contributed by atoms with Crippen LogP contribution in [0.2, 0.25) is 5.02 Å². The summed E-state index contributed by atoms with van der Waals surface area (Å²) in [5, 5.41) is 15.2. The van der Waals surface area contributed by atoms with Crippen molar-refractivity contribution in [3.8, 4) is 5.75 Å². The van der Waals surface area contributed by atoms with Gasteiger partial charge in [0, 0.05) is 48.9 Å². The van der Waals surface area contributed by atoms with E-state index in [1.54, 1.807) is 55.8 Å². The normalized spacial score (nSPS) is 12.1. The summed E-state index contributed by atoms with van der Waals surface area (Å²) in [4.78, 5) is 30.2. The van der Waals surface area contributed by atoms with Crippen molar-refractivity contribution >= 4 is 28.3 Å². The Labute approximate surface area is 190 Å². The molecule has 6 nitrogen and oxygen atoms in total. The molecular weight excluding hydrogens is 426 g/mol. The van der Waals surface area contributed by atoms with Gasteiger partial charge in [-0.15, -0.1) is 0 Å². The van der Waals surface area contributed by atoms with Crippen LogP contribution in [0, 0.1) is 0 Å². The molecule has 2 aromatic carbocycles. The van der Waals surface area contributed by atoms with Crippen molar-refractivity contribution in [1.29, 1.82) is 0 Å². The van der Waals surface area contributed by atoms with Gasteiger partial charge in [-0.25, -0.2) is 0 Å². The molecule has 0 bridgehead atoms. The van der Waals surface area contributed by atoms with Gasteiger partial charge < -0.3 is 15.0 Å². The molecule has 2 heterocycles. The third kappa shape index (κ3) is 4.42. The highest BCUT2D eigenvalue weighted by Crippen LogP contribution is 2.29. The highest BCUT2D eigenvalue weighted by atomic mass is 35.5. The molecule has 1 atom stereocenters. The van der Waals surface area contributed by atoms with Gasteiger partial charge >= 0.3 is 0 Å². The van der Waals surface area contributed by atoms with E-state index in [0.717, 1.165) is 11.1 Å². The number of ketones is 1. The lowest BCUT2D eigenvalue weighted by molar-refractivity contribution is 0.0964. The number of hydrogen-bond acceptors (Lipinski definition) is 5. The summed E-state index contributed by atoms with van der Waals surface area (Å²) in [6, 6.07) is 17.6. The summed E-state index contributed by atoms with van der Waals surface area (Å²) in [5.74, 6) is -0.714. The predicted molar refractivity (Wildman–Crippen MR) is 125 cm³/mol. The number of benzene rings is 2. The van der Waals surface area contributed by atoms with Gasteiger partial charge in [-0.2, -0.15) is 0 Å². The topological polar surface area (TPSA) is 84.2 Å². The molecule has 0 aliphatic carbocycles. The number of halogens is 1. The highest BCUT2D eigenvalue weighted by molar-refractivity contribution is 6.30. The van der Waals surface area contributed by atoms with Crippen molar-refractivity contribution in [3.63, 3.8) is 0 Å². The number of aromatic nitrogens is 2. The number of hydrogen-bond donors (Lipinski definition) is 2. The molecule has 4 rings (SSSR count). The van der Waals surface area contributed by atoms with E-state index in [9.17, 15) is 14.7 Å². The van der Waals surface area contributed by atoms with E-state index in [4.69, 9.17) is 11.6 Å². The Balaban J connectivity index is 1.68. The van der Waals surface area contributed by atoms with E-state index in [2.05, 4.69) is 10.3 Å². The first-order valence-electron chi connectivity index (χ1n) is 10.2. The molecule has 0 aliphatic heterocycles. The van der Waals surface area contributed by atoms with Gasteiger partial charge in [0.05, 0.1) is 5.52 Å². The van der Waals surface area contributed by atoms with Gasteiger partial charge in [-0.3, -0.25) is 14.6 Å². The summed E-state index contributed by atoms with van der Waals surface area (Å²) < 4.78 is 1.39. The van der Waals surface area contributed by atoms with Gasteiger partial charge in [0.15, 0.2) is 5.78 Å². The third-order valence-corrected chi connectivity index (χ3v) is 5.77. The number of pyridine rings is 2. The Bertz CT molecular complexity index is 1320. The quantitative estimate of drug-likeness (QED) is 0.410. The predicted octanol–water partition coefficient (Wildman–Crippen LogP) is 4.40. The molecule has 2 aromatic heterocycles. The smallest absolute Gasteiger partial charge is 0.265 e. The summed E-state index contributed by atoms with van der Waals surface area (Å²) in [6.45, 7) is 0.505. The van der Waals surface area contributed by atoms with Crippen LogP contribution in [0.25, 0.3) is 10.9 Å². The Kier molecular flexibility index (Phi) is 6.35. The summed E-state index contributed by atoms with van der Waals surface area (Å²) in [5.41, 5.74) is 1.72.